The van der Waals surface area contributed by atoms with Gasteiger partial charge in [-0.15, -0.1) is 0 Å². The van der Waals surface area contributed by atoms with E-state index in [9.17, 15) is 0 Å². The maximum atomic E-state index is 5.44. The van der Waals surface area contributed by atoms with Crippen LogP contribution in [0, 0.1) is 5.41 Å². The minimum absolute atomic E-state index is 0.239. The maximum absolute atomic E-state index is 5.44. The van der Waals surface area contributed by atoms with Crippen LogP contribution in [-0.4, -0.2) is 13.2 Å². The molecular weight excluding hydrogens is 248 g/mol. The first-order chi connectivity index (χ1) is 9.80. The van der Waals surface area contributed by atoms with Crippen molar-refractivity contribution in [3.8, 4) is 0 Å². The van der Waals surface area contributed by atoms with Gasteiger partial charge < -0.3 is 9.47 Å². The molecule has 0 fully saturated rings. The van der Waals surface area contributed by atoms with Crippen molar-refractivity contribution in [3.05, 3.63) is 35.3 Å². The topological polar surface area (TPSA) is 18.5 Å². The fourth-order valence-corrected chi connectivity index (χ4v) is 2.48. The molecule has 0 amide bonds. The molecule has 1 spiro atoms. The molecule has 1 unspecified atom stereocenters. The second-order valence-corrected chi connectivity index (χ2v) is 4.46. The minimum Gasteiger partial charge on any atom is -0.500 e. The standard InChI is InChI=1S/C12H14O2.3C2H6/c1-9-5-14-8-12(9)3-2-10-6-13-7-11(10)4-12;3*1-2/h2,5,7H,3-4,6,8H2,1H3;3*1-2H3. The summed E-state index contributed by atoms with van der Waals surface area (Å²) >= 11 is 0. The van der Waals surface area contributed by atoms with Crippen LogP contribution in [0.4, 0.5) is 0 Å². The summed E-state index contributed by atoms with van der Waals surface area (Å²) in [7, 11) is 0. The van der Waals surface area contributed by atoms with E-state index in [1.54, 1.807) is 0 Å². The van der Waals surface area contributed by atoms with E-state index < -0.39 is 0 Å². The SMILES string of the molecule is CC.CC.CC.CC1=COCC12CC=C1COC=C1C2. The Hall–Kier alpha value is -1.18. The maximum Gasteiger partial charge on any atom is 0.112 e. The van der Waals surface area contributed by atoms with Crippen LogP contribution in [0.1, 0.15) is 61.3 Å². The van der Waals surface area contributed by atoms with Crippen LogP contribution in [0.3, 0.4) is 0 Å². The third-order valence-electron chi connectivity index (χ3n) is 3.60. The van der Waals surface area contributed by atoms with Gasteiger partial charge in [-0.05, 0) is 36.5 Å². The number of fused-ring (bicyclic) bond motifs is 1. The lowest BCUT2D eigenvalue weighted by molar-refractivity contribution is 0.180. The van der Waals surface area contributed by atoms with Crippen LogP contribution in [0.5, 0.6) is 0 Å². The van der Waals surface area contributed by atoms with E-state index in [2.05, 4.69) is 13.0 Å². The van der Waals surface area contributed by atoms with Gasteiger partial charge in [0.15, 0.2) is 0 Å². The highest BCUT2D eigenvalue weighted by atomic mass is 16.5. The first-order valence-electron chi connectivity index (χ1n) is 8.09. The van der Waals surface area contributed by atoms with Gasteiger partial charge in [-0.3, -0.25) is 0 Å². The van der Waals surface area contributed by atoms with Crippen LogP contribution in [0.15, 0.2) is 35.3 Å². The van der Waals surface area contributed by atoms with Crippen molar-refractivity contribution in [2.75, 3.05) is 13.2 Å². The van der Waals surface area contributed by atoms with Crippen molar-refractivity contribution in [1.82, 2.24) is 0 Å². The molecule has 20 heavy (non-hydrogen) atoms. The van der Waals surface area contributed by atoms with Gasteiger partial charge >= 0.3 is 0 Å². The van der Waals surface area contributed by atoms with Gasteiger partial charge in [0.1, 0.15) is 6.61 Å². The molecular formula is C18H32O2. The van der Waals surface area contributed by atoms with Crippen LogP contribution in [-0.2, 0) is 9.47 Å². The van der Waals surface area contributed by atoms with Crippen LogP contribution in [0.25, 0.3) is 0 Å². The molecule has 2 aliphatic heterocycles. The highest BCUT2D eigenvalue weighted by Crippen LogP contribution is 2.47. The van der Waals surface area contributed by atoms with Crippen LogP contribution >= 0.6 is 0 Å². The first-order valence-corrected chi connectivity index (χ1v) is 8.09. The summed E-state index contributed by atoms with van der Waals surface area (Å²) in [4.78, 5) is 0. The highest BCUT2D eigenvalue weighted by molar-refractivity contribution is 5.40. The van der Waals surface area contributed by atoms with Crippen molar-refractivity contribution in [2.45, 2.75) is 61.3 Å². The Bertz CT molecular complexity index is 364. The van der Waals surface area contributed by atoms with Crippen molar-refractivity contribution in [2.24, 2.45) is 5.41 Å². The smallest absolute Gasteiger partial charge is 0.112 e. The molecule has 2 heterocycles. The largest absolute Gasteiger partial charge is 0.500 e. The van der Waals surface area contributed by atoms with E-state index >= 15 is 0 Å². The summed E-state index contributed by atoms with van der Waals surface area (Å²) in [6, 6.07) is 0. The molecule has 0 N–H and O–H groups in total. The average Bonchev–Trinajstić information content (AvgIpc) is 3.13. The number of hydrogen-bond donors (Lipinski definition) is 0. The van der Waals surface area contributed by atoms with Crippen LogP contribution in [0.2, 0.25) is 0 Å². The number of rotatable bonds is 0. The second-order valence-electron chi connectivity index (χ2n) is 4.46. The monoisotopic (exact) mass is 280 g/mol. The molecule has 3 aliphatic rings. The lowest BCUT2D eigenvalue weighted by Gasteiger charge is -2.32. The zero-order chi connectivity index (χ0) is 15.6. The predicted octanol–water partition coefficient (Wildman–Crippen LogP) is 5.62. The molecule has 116 valence electrons. The van der Waals surface area contributed by atoms with Gasteiger partial charge in [0, 0.05) is 5.41 Å². The third kappa shape index (κ3) is 3.91. The number of ether oxygens (including phenoxy) is 2. The fourth-order valence-electron chi connectivity index (χ4n) is 2.48. The van der Waals surface area contributed by atoms with E-state index in [0.29, 0.717) is 0 Å². The average molecular weight is 280 g/mol. The quantitative estimate of drug-likeness (QED) is 0.573. The molecule has 2 nitrogen and oxygen atoms in total. The normalized spacial score (nSPS) is 24.9. The Balaban J connectivity index is 0.000000538. The van der Waals surface area contributed by atoms with E-state index in [0.717, 1.165) is 26.1 Å². The lowest BCUT2D eigenvalue weighted by Crippen LogP contribution is -2.26. The minimum atomic E-state index is 0.239. The summed E-state index contributed by atoms with van der Waals surface area (Å²) in [5.74, 6) is 0. The molecule has 1 atom stereocenters. The zero-order valence-electron chi connectivity index (χ0n) is 14.4. The van der Waals surface area contributed by atoms with Gasteiger partial charge in [-0.1, -0.05) is 47.6 Å². The van der Waals surface area contributed by atoms with Crippen molar-refractivity contribution in [1.29, 1.82) is 0 Å². The van der Waals surface area contributed by atoms with Crippen LogP contribution < -0.4 is 0 Å². The first kappa shape index (κ1) is 18.8. The number of allylic oxidation sites excluding steroid dienone is 1. The Morgan fingerprint density at radius 2 is 1.55 bits per heavy atom. The summed E-state index contributed by atoms with van der Waals surface area (Å²) in [5.41, 5.74) is 4.37. The van der Waals surface area contributed by atoms with Gasteiger partial charge in [-0.2, -0.15) is 0 Å². The lowest BCUT2D eigenvalue weighted by atomic mass is 9.70. The molecule has 0 aromatic rings. The van der Waals surface area contributed by atoms with Gasteiger partial charge in [0.2, 0.25) is 0 Å². The van der Waals surface area contributed by atoms with Crippen molar-refractivity contribution in [3.63, 3.8) is 0 Å². The molecule has 0 saturated heterocycles. The Morgan fingerprint density at radius 1 is 0.900 bits per heavy atom. The van der Waals surface area contributed by atoms with E-state index in [4.69, 9.17) is 9.47 Å². The Labute approximate surface area is 125 Å². The number of hydrogen-bond acceptors (Lipinski definition) is 2. The van der Waals surface area contributed by atoms with E-state index in [-0.39, 0.29) is 5.41 Å². The summed E-state index contributed by atoms with van der Waals surface area (Å²) < 4.78 is 10.8. The van der Waals surface area contributed by atoms with Crippen molar-refractivity contribution < 1.29 is 9.47 Å². The molecule has 0 aromatic heterocycles. The second kappa shape index (κ2) is 9.68. The van der Waals surface area contributed by atoms with E-state index in [1.807, 2.05) is 54.1 Å². The predicted molar refractivity (Wildman–Crippen MR) is 87.5 cm³/mol. The molecule has 0 aromatic carbocycles. The summed E-state index contributed by atoms with van der Waals surface area (Å²) in [5, 5.41) is 0. The Morgan fingerprint density at radius 3 is 2.10 bits per heavy atom. The zero-order valence-corrected chi connectivity index (χ0v) is 14.4. The molecule has 1 aliphatic carbocycles. The highest BCUT2D eigenvalue weighted by Gasteiger charge is 2.40. The van der Waals surface area contributed by atoms with Crippen molar-refractivity contribution >= 4 is 0 Å². The van der Waals surface area contributed by atoms with Gasteiger partial charge in [0.05, 0.1) is 19.1 Å². The molecule has 0 saturated carbocycles. The molecule has 2 heteroatoms. The summed E-state index contributed by atoms with van der Waals surface area (Å²) in [6.07, 6.45) is 8.33. The van der Waals surface area contributed by atoms with Gasteiger partial charge in [-0.25, -0.2) is 0 Å². The fraction of sp³-hybridized carbons (Fsp3) is 0.667. The molecule has 0 radical (unpaired) electrons. The third-order valence-corrected chi connectivity index (χ3v) is 3.60. The van der Waals surface area contributed by atoms with E-state index in [1.165, 1.54) is 16.7 Å². The Kier molecular flexibility index (Phi) is 9.11. The van der Waals surface area contributed by atoms with Gasteiger partial charge in [0.25, 0.3) is 0 Å². The molecule has 0 bridgehead atoms. The molecule has 3 rings (SSSR count). The summed E-state index contributed by atoms with van der Waals surface area (Å²) in [6.45, 7) is 15.8.